The number of nitrogens with two attached hydrogens (primary N) is 1. The van der Waals surface area contributed by atoms with Gasteiger partial charge in [0.1, 0.15) is 12.3 Å². The van der Waals surface area contributed by atoms with E-state index < -0.39 is 0 Å². The number of aromatic hydroxyl groups is 1. The number of hydrogen-bond donors (Lipinski definition) is 4. The molecule has 0 heterocycles. The van der Waals surface area contributed by atoms with Gasteiger partial charge in [0.15, 0.2) is 0 Å². The van der Waals surface area contributed by atoms with E-state index in [2.05, 4.69) is 16.0 Å². The van der Waals surface area contributed by atoms with Crippen LogP contribution in [-0.2, 0) is 6.54 Å². The third-order valence-corrected chi connectivity index (χ3v) is 3.76. The summed E-state index contributed by atoms with van der Waals surface area (Å²) in [5, 5.41) is 18.3. The number of amides is 2. The van der Waals surface area contributed by atoms with E-state index in [1.807, 2.05) is 12.1 Å². The number of carbonyl (C=O) groups excluding carboxylic acids is 1. The molecule has 0 unspecified atom stereocenters. The Morgan fingerprint density at radius 1 is 1.12 bits per heavy atom. The number of carbonyl (C=O) groups is 1. The summed E-state index contributed by atoms with van der Waals surface area (Å²) < 4.78 is 0. The lowest BCUT2D eigenvalue weighted by Gasteiger charge is -2.08. The van der Waals surface area contributed by atoms with Gasteiger partial charge in [-0.25, -0.2) is 4.79 Å². The standard InChI is InChI=1S/C17H19Cl2N3O2/c18-13-8-12(9-14(19)10-13)11-20-6-3-7-21-17(24)22-15-4-1-2-5-16(15)23/h1-2,4-5,8-10,20,23H,3,6-7,11H2,(H2,21,22,24)/p+1. The first-order chi connectivity index (χ1) is 11.5. The Kier molecular flexibility index (Phi) is 7.18. The van der Waals surface area contributed by atoms with Gasteiger partial charge in [0.25, 0.3) is 0 Å². The van der Waals surface area contributed by atoms with E-state index in [-0.39, 0.29) is 11.8 Å². The summed E-state index contributed by atoms with van der Waals surface area (Å²) in [6.07, 6.45) is 0.822. The number of quaternary nitrogens is 1. The largest absolute Gasteiger partial charge is 0.506 e. The Morgan fingerprint density at radius 2 is 1.83 bits per heavy atom. The maximum Gasteiger partial charge on any atom is 0.319 e. The van der Waals surface area contributed by atoms with Crippen LogP contribution in [0, 0.1) is 0 Å². The zero-order chi connectivity index (χ0) is 17.4. The fraction of sp³-hybridized carbons (Fsp3) is 0.235. The molecular weight excluding hydrogens is 349 g/mol. The maximum absolute atomic E-state index is 11.7. The van der Waals surface area contributed by atoms with Crippen LogP contribution >= 0.6 is 23.2 Å². The van der Waals surface area contributed by atoms with E-state index in [4.69, 9.17) is 23.2 Å². The van der Waals surface area contributed by atoms with Crippen molar-refractivity contribution >= 4 is 34.9 Å². The van der Waals surface area contributed by atoms with Gasteiger partial charge in [-0.2, -0.15) is 0 Å². The summed E-state index contributed by atoms with van der Waals surface area (Å²) in [7, 11) is 0. The minimum Gasteiger partial charge on any atom is -0.506 e. The molecule has 2 rings (SSSR count). The van der Waals surface area contributed by atoms with Crippen LogP contribution in [0.4, 0.5) is 10.5 Å². The summed E-state index contributed by atoms with van der Waals surface area (Å²) in [6.45, 7) is 2.19. The second kappa shape index (κ2) is 9.37. The van der Waals surface area contributed by atoms with Crippen LogP contribution in [0.5, 0.6) is 5.75 Å². The van der Waals surface area contributed by atoms with Crippen molar-refractivity contribution in [2.75, 3.05) is 18.4 Å². The van der Waals surface area contributed by atoms with Crippen LogP contribution in [0.2, 0.25) is 10.0 Å². The number of para-hydroxylation sites is 2. The molecule has 0 bridgehead atoms. The summed E-state index contributed by atoms with van der Waals surface area (Å²) >= 11 is 11.9. The lowest BCUT2D eigenvalue weighted by molar-refractivity contribution is -0.670. The van der Waals surface area contributed by atoms with Gasteiger partial charge in [-0.3, -0.25) is 0 Å². The van der Waals surface area contributed by atoms with E-state index in [0.29, 0.717) is 22.3 Å². The molecule has 5 N–H and O–H groups in total. The second-order valence-electron chi connectivity index (χ2n) is 5.31. The van der Waals surface area contributed by atoms with Crippen molar-refractivity contribution in [3.8, 4) is 5.75 Å². The molecule has 0 aromatic heterocycles. The first kappa shape index (κ1) is 18.4. The first-order valence-corrected chi connectivity index (χ1v) is 8.39. The minimum absolute atomic E-state index is 0.0427. The summed E-state index contributed by atoms with van der Waals surface area (Å²) in [4.78, 5) is 11.7. The van der Waals surface area contributed by atoms with Crippen LogP contribution in [-0.4, -0.2) is 24.2 Å². The number of phenolic OH excluding ortho intramolecular Hbond substituents is 1. The van der Waals surface area contributed by atoms with Crippen LogP contribution in [0.3, 0.4) is 0 Å². The van der Waals surface area contributed by atoms with Gasteiger partial charge >= 0.3 is 6.03 Å². The van der Waals surface area contributed by atoms with Gasteiger partial charge in [-0.05, 0) is 30.3 Å². The van der Waals surface area contributed by atoms with Gasteiger partial charge in [-0.1, -0.05) is 35.3 Å². The molecule has 5 nitrogen and oxygen atoms in total. The molecule has 0 atom stereocenters. The molecule has 7 heteroatoms. The Labute approximate surface area is 151 Å². The lowest BCUT2D eigenvalue weighted by Crippen LogP contribution is -2.82. The number of nitrogens with one attached hydrogen (secondary N) is 2. The van der Waals surface area contributed by atoms with Crippen LogP contribution in [0.1, 0.15) is 12.0 Å². The number of urea groups is 1. The predicted molar refractivity (Wildman–Crippen MR) is 96.7 cm³/mol. The van der Waals surface area contributed by atoms with Crippen molar-refractivity contribution in [2.24, 2.45) is 0 Å². The average Bonchev–Trinajstić information content (AvgIpc) is 2.52. The summed E-state index contributed by atoms with van der Waals surface area (Å²) in [5.41, 5.74) is 1.46. The van der Waals surface area contributed by atoms with E-state index >= 15 is 0 Å². The van der Waals surface area contributed by atoms with Crippen molar-refractivity contribution < 1.29 is 15.2 Å². The van der Waals surface area contributed by atoms with Gasteiger partial charge in [-0.15, -0.1) is 0 Å². The predicted octanol–water partition coefficient (Wildman–Crippen LogP) is 2.97. The molecule has 0 aliphatic rings. The molecule has 0 aliphatic carbocycles. The zero-order valence-electron chi connectivity index (χ0n) is 13.1. The smallest absolute Gasteiger partial charge is 0.319 e. The molecule has 0 saturated heterocycles. The molecule has 2 aromatic rings. The Balaban J connectivity index is 1.61. The van der Waals surface area contributed by atoms with Crippen LogP contribution in [0.15, 0.2) is 42.5 Å². The van der Waals surface area contributed by atoms with E-state index in [1.165, 1.54) is 6.07 Å². The van der Waals surface area contributed by atoms with Gasteiger partial charge in [0, 0.05) is 28.6 Å². The number of benzene rings is 2. The molecule has 0 saturated carbocycles. The third kappa shape index (κ3) is 6.28. The number of halogens is 2. The maximum atomic E-state index is 11.7. The topological polar surface area (TPSA) is 78.0 Å². The first-order valence-electron chi connectivity index (χ1n) is 7.64. The Hall–Kier alpha value is -1.95. The van der Waals surface area contributed by atoms with Crippen LogP contribution < -0.4 is 16.0 Å². The molecule has 0 radical (unpaired) electrons. The highest BCUT2D eigenvalue weighted by Crippen LogP contribution is 2.21. The van der Waals surface area contributed by atoms with E-state index in [9.17, 15) is 9.90 Å². The highest BCUT2D eigenvalue weighted by molar-refractivity contribution is 6.34. The van der Waals surface area contributed by atoms with Crippen molar-refractivity contribution in [3.05, 3.63) is 58.1 Å². The monoisotopic (exact) mass is 368 g/mol. The summed E-state index contributed by atoms with van der Waals surface area (Å²) in [6, 6.07) is 11.8. The molecule has 128 valence electrons. The van der Waals surface area contributed by atoms with Crippen molar-refractivity contribution in [2.45, 2.75) is 13.0 Å². The molecule has 0 fully saturated rings. The molecular formula is C17H20Cl2N3O2+. The van der Waals surface area contributed by atoms with Gasteiger partial charge in [0.05, 0.1) is 12.2 Å². The molecule has 2 aromatic carbocycles. The third-order valence-electron chi connectivity index (χ3n) is 3.33. The summed E-state index contributed by atoms with van der Waals surface area (Å²) in [5.74, 6) is 0.0427. The molecule has 0 aliphatic heterocycles. The quantitative estimate of drug-likeness (QED) is 0.447. The van der Waals surface area contributed by atoms with Gasteiger partial charge < -0.3 is 21.1 Å². The zero-order valence-corrected chi connectivity index (χ0v) is 14.6. The van der Waals surface area contributed by atoms with Crippen LogP contribution in [0.25, 0.3) is 0 Å². The van der Waals surface area contributed by atoms with Crippen molar-refractivity contribution in [1.82, 2.24) is 5.32 Å². The average molecular weight is 369 g/mol. The van der Waals surface area contributed by atoms with Gasteiger partial charge in [0.2, 0.25) is 0 Å². The normalized spacial score (nSPS) is 10.4. The van der Waals surface area contributed by atoms with Crippen molar-refractivity contribution in [1.29, 1.82) is 0 Å². The highest BCUT2D eigenvalue weighted by Gasteiger charge is 2.05. The molecule has 0 spiro atoms. The fourth-order valence-electron chi connectivity index (χ4n) is 2.19. The minimum atomic E-state index is -0.335. The fourth-order valence-corrected chi connectivity index (χ4v) is 2.76. The number of anilines is 1. The highest BCUT2D eigenvalue weighted by atomic mass is 35.5. The molecule has 24 heavy (non-hydrogen) atoms. The lowest BCUT2D eigenvalue weighted by atomic mass is 10.2. The number of hydrogen-bond acceptors (Lipinski definition) is 2. The second-order valence-corrected chi connectivity index (χ2v) is 6.18. The van der Waals surface area contributed by atoms with E-state index in [1.54, 1.807) is 24.3 Å². The molecule has 2 amide bonds. The number of phenols is 1. The number of rotatable bonds is 7. The Morgan fingerprint density at radius 3 is 2.54 bits per heavy atom. The van der Waals surface area contributed by atoms with Crippen molar-refractivity contribution in [3.63, 3.8) is 0 Å². The van der Waals surface area contributed by atoms with E-state index in [0.717, 1.165) is 25.1 Å². The Bertz CT molecular complexity index is 675. The SMILES string of the molecule is O=C(NCCC[NH2+]Cc1cc(Cl)cc(Cl)c1)Nc1ccccc1O.